The Kier molecular flexibility index (Phi) is 8.25. The molecule has 0 radical (unpaired) electrons. The molecule has 6 fully saturated rings. The van der Waals surface area contributed by atoms with E-state index in [1.54, 1.807) is 7.11 Å². The van der Waals surface area contributed by atoms with Gasteiger partial charge in [0.2, 0.25) is 0 Å². The van der Waals surface area contributed by atoms with Crippen molar-refractivity contribution in [3.63, 3.8) is 0 Å². The molecule has 288 valence electrons. The number of rotatable bonds is 8. The first-order valence-corrected chi connectivity index (χ1v) is 20.8. The van der Waals surface area contributed by atoms with Crippen LogP contribution in [0.4, 0.5) is 10.5 Å². The molecule has 11 rings (SSSR count). The molecular weight excluding hydrogens is 673 g/mol. The number of carbonyl (C=O) groups excluding carboxylic acids is 2. The smallest absolute Gasteiger partial charge is 0.321 e. The zero-order valence-corrected chi connectivity index (χ0v) is 32.9. The van der Waals surface area contributed by atoms with E-state index in [1.807, 2.05) is 59.5 Å². The van der Waals surface area contributed by atoms with E-state index >= 15 is 0 Å². The van der Waals surface area contributed by atoms with E-state index in [1.165, 1.54) is 12.8 Å². The molecule has 3 N–H and O–H groups in total. The number of nitrogens with zero attached hydrogens (tertiary/aromatic N) is 1. The van der Waals surface area contributed by atoms with Gasteiger partial charge in [0.1, 0.15) is 5.75 Å². The van der Waals surface area contributed by atoms with Crippen LogP contribution < -0.4 is 10.1 Å². The van der Waals surface area contributed by atoms with Crippen LogP contribution in [0.1, 0.15) is 102 Å². The molecule has 1 unspecified atom stereocenters. The van der Waals surface area contributed by atoms with Crippen molar-refractivity contribution in [2.45, 2.75) is 104 Å². The minimum absolute atomic E-state index is 0.0143. The summed E-state index contributed by atoms with van der Waals surface area (Å²) in [6.45, 7) is 10.4. The molecule has 7 heteroatoms. The first kappa shape index (κ1) is 36.2. The second kappa shape index (κ2) is 12.3. The number of allylic oxidation sites excluding steroid dienone is 4. The number of amides is 2. The van der Waals surface area contributed by atoms with Gasteiger partial charge in [-0.1, -0.05) is 64.1 Å². The van der Waals surface area contributed by atoms with Crippen LogP contribution in [0, 0.1) is 56.7 Å². The maximum absolute atomic E-state index is 15.0. The molecule has 7 nitrogen and oxygen atoms in total. The van der Waals surface area contributed by atoms with Gasteiger partial charge in [-0.15, -0.1) is 0 Å². The SMILES string of the molecule is COc1ccc(C(=O)C2=C[C@@]34C=C[C@@]25[C@@H]2CC[C@@](O)(CN(C[C@@H]6CC[C@H]7C[C@@H]6C7(C)C)C(=O)Nc6ccccc6)[C@@]2(C)CC[C@@H]5[C@@]3(C)CCC(O)C4)cc1. The van der Waals surface area contributed by atoms with Gasteiger partial charge >= 0.3 is 6.03 Å². The van der Waals surface area contributed by atoms with Gasteiger partial charge in [-0.25, -0.2) is 4.79 Å². The lowest BCUT2D eigenvalue weighted by Gasteiger charge is -2.71. The molecule has 54 heavy (non-hydrogen) atoms. The summed E-state index contributed by atoms with van der Waals surface area (Å²) in [4.78, 5) is 31.3. The molecule has 2 amide bonds. The zero-order valence-electron chi connectivity index (χ0n) is 32.9. The van der Waals surface area contributed by atoms with Crippen LogP contribution in [-0.4, -0.2) is 58.8 Å². The van der Waals surface area contributed by atoms with E-state index in [9.17, 15) is 19.8 Å². The molecule has 2 aromatic rings. The summed E-state index contributed by atoms with van der Waals surface area (Å²) in [6, 6.07) is 17.0. The fourth-order valence-electron chi connectivity index (χ4n) is 14.2. The van der Waals surface area contributed by atoms with Gasteiger partial charge in [0, 0.05) is 39.6 Å². The minimum Gasteiger partial charge on any atom is -0.497 e. The van der Waals surface area contributed by atoms with Gasteiger partial charge in [0.05, 0.1) is 25.4 Å². The number of anilines is 1. The third kappa shape index (κ3) is 4.92. The van der Waals surface area contributed by atoms with Crippen molar-refractivity contribution in [1.82, 2.24) is 4.90 Å². The molecule has 11 atom stereocenters. The summed E-state index contributed by atoms with van der Waals surface area (Å²) in [5.41, 5.74) is -0.185. The van der Waals surface area contributed by atoms with Gasteiger partial charge in [0.15, 0.2) is 5.78 Å². The number of nitrogens with one attached hydrogen (secondary N) is 1. The number of aliphatic hydroxyl groups is 2. The van der Waals surface area contributed by atoms with Crippen molar-refractivity contribution in [2.75, 3.05) is 25.5 Å². The van der Waals surface area contributed by atoms with Crippen LogP contribution in [0.15, 0.2) is 78.4 Å². The third-order valence-electron chi connectivity index (χ3n) is 17.5. The average molecular weight is 733 g/mol. The molecule has 6 saturated carbocycles. The first-order valence-electron chi connectivity index (χ1n) is 20.8. The molecule has 0 saturated heterocycles. The molecule has 9 aliphatic carbocycles. The molecule has 0 aromatic heterocycles. The molecule has 0 aliphatic heterocycles. The minimum atomic E-state index is -1.13. The standard InChI is InChI=1S/C47H60N2O5/c1-42(2)32-14-11-31(36(42)25-32)28-49(41(52)48-33-9-7-6-8-10-33)29-46(53)22-19-39-44(46,4)21-18-38-43(3)20-17-34(50)26-45(43)23-24-47(38,39)37(27-45)40(51)30-12-15-35(54-5)16-13-30/h6-10,12-13,15-16,23-24,27,31-32,34,36,38-39,50,53H,11,14,17-22,25-26,28-29H2,1-5H3,(H,48,52)/t31-,32-,34?,36-,38+,39+,43+,44-,45-,46+,47+/m0/s1. The summed E-state index contributed by atoms with van der Waals surface area (Å²) in [7, 11) is 1.64. The summed E-state index contributed by atoms with van der Waals surface area (Å²) < 4.78 is 5.44. The highest BCUT2D eigenvalue weighted by molar-refractivity contribution is 6.10. The Bertz CT molecular complexity index is 1890. The molecule has 2 aromatic carbocycles. The predicted octanol–water partition coefficient (Wildman–Crippen LogP) is 9.08. The van der Waals surface area contributed by atoms with E-state index in [4.69, 9.17) is 4.74 Å². The van der Waals surface area contributed by atoms with E-state index in [2.05, 4.69) is 51.2 Å². The molecule has 2 spiro atoms. The lowest BCUT2D eigenvalue weighted by molar-refractivity contribution is -0.176. The Labute approximate surface area is 321 Å². The molecule has 4 bridgehead atoms. The van der Waals surface area contributed by atoms with Crippen molar-refractivity contribution < 1.29 is 24.5 Å². The van der Waals surface area contributed by atoms with Gasteiger partial charge in [-0.3, -0.25) is 4.79 Å². The van der Waals surface area contributed by atoms with Gasteiger partial charge < -0.3 is 25.2 Å². The molecule has 0 heterocycles. The van der Waals surface area contributed by atoms with Gasteiger partial charge in [0.25, 0.3) is 0 Å². The van der Waals surface area contributed by atoms with Crippen LogP contribution >= 0.6 is 0 Å². The highest BCUT2D eigenvalue weighted by atomic mass is 16.5. The van der Waals surface area contributed by atoms with Crippen LogP contribution in [-0.2, 0) is 0 Å². The Balaban J connectivity index is 1.09. The van der Waals surface area contributed by atoms with Crippen LogP contribution in [0.3, 0.4) is 0 Å². The number of ketones is 1. The normalized spacial score (nSPS) is 42.1. The molecule has 9 aliphatic rings. The first-order chi connectivity index (χ1) is 25.7. The largest absolute Gasteiger partial charge is 0.497 e. The molecular formula is C47H60N2O5. The number of hydrogen-bond acceptors (Lipinski definition) is 5. The number of carbonyl (C=O) groups is 2. The summed E-state index contributed by atoms with van der Waals surface area (Å²) in [5.74, 6) is 2.73. The number of Topliss-reactive ketones (excluding diaryl/α,β-unsaturated/α-hetero) is 1. The van der Waals surface area contributed by atoms with Crippen LogP contribution in [0.2, 0.25) is 0 Å². The van der Waals surface area contributed by atoms with Crippen molar-refractivity contribution in [3.05, 3.63) is 84.0 Å². The maximum atomic E-state index is 15.0. The second-order valence-corrected chi connectivity index (χ2v) is 19.7. The second-order valence-electron chi connectivity index (χ2n) is 19.7. The van der Waals surface area contributed by atoms with Crippen LogP contribution in [0.5, 0.6) is 5.75 Å². The van der Waals surface area contributed by atoms with E-state index in [0.717, 1.165) is 55.7 Å². The fourth-order valence-corrected chi connectivity index (χ4v) is 14.2. The number of methoxy groups -OCH3 is 1. The van der Waals surface area contributed by atoms with Gasteiger partial charge in [-0.2, -0.15) is 0 Å². The highest BCUT2D eigenvalue weighted by Crippen LogP contribution is 2.78. The number of benzene rings is 2. The van der Waals surface area contributed by atoms with Crippen molar-refractivity contribution in [3.8, 4) is 5.75 Å². The van der Waals surface area contributed by atoms with Crippen molar-refractivity contribution >= 4 is 17.5 Å². The average Bonchev–Trinajstić information content (AvgIpc) is 3.44. The number of hydrogen-bond donors (Lipinski definition) is 3. The monoisotopic (exact) mass is 732 g/mol. The predicted molar refractivity (Wildman–Crippen MR) is 211 cm³/mol. The quantitative estimate of drug-likeness (QED) is 0.186. The fraction of sp³-hybridized carbons (Fsp3) is 0.617. The topological polar surface area (TPSA) is 99.1 Å². The van der Waals surface area contributed by atoms with Crippen molar-refractivity contribution in [2.24, 2.45) is 56.7 Å². The van der Waals surface area contributed by atoms with E-state index < -0.39 is 27.9 Å². The Morgan fingerprint density at radius 2 is 1.57 bits per heavy atom. The van der Waals surface area contributed by atoms with E-state index in [-0.39, 0.29) is 41.0 Å². The summed E-state index contributed by atoms with van der Waals surface area (Å²) in [5, 5.41) is 27.6. The maximum Gasteiger partial charge on any atom is 0.321 e. The number of aliphatic hydroxyl groups excluding tert-OH is 1. The lowest BCUT2D eigenvalue weighted by atomic mass is 9.32. The van der Waals surface area contributed by atoms with Crippen LogP contribution in [0.25, 0.3) is 0 Å². The number of urea groups is 1. The Morgan fingerprint density at radius 1 is 0.870 bits per heavy atom. The summed E-state index contributed by atoms with van der Waals surface area (Å²) in [6.07, 6.45) is 15.6. The van der Waals surface area contributed by atoms with E-state index in [0.29, 0.717) is 42.5 Å². The third-order valence-corrected chi connectivity index (χ3v) is 17.5. The number of ether oxygens (including phenoxy) is 1. The Morgan fingerprint density at radius 3 is 2.28 bits per heavy atom. The number of fused-ring (bicyclic) bond motifs is 3. The number of para-hydroxylation sites is 1. The summed E-state index contributed by atoms with van der Waals surface area (Å²) >= 11 is 0. The van der Waals surface area contributed by atoms with Crippen molar-refractivity contribution in [1.29, 1.82) is 0 Å². The highest BCUT2D eigenvalue weighted by Gasteiger charge is 2.74. The lowest BCUT2D eigenvalue weighted by Crippen LogP contribution is -2.67. The zero-order chi connectivity index (χ0) is 37.9. The van der Waals surface area contributed by atoms with Gasteiger partial charge in [-0.05, 0) is 141 Å². The Hall–Kier alpha value is -3.42.